The van der Waals surface area contributed by atoms with Gasteiger partial charge in [-0.25, -0.2) is 0 Å². The molecule has 116 valence electrons. The zero-order valence-corrected chi connectivity index (χ0v) is 12.8. The van der Waals surface area contributed by atoms with Crippen molar-refractivity contribution in [2.24, 2.45) is 0 Å². The SMILES string of the molecule is COc1cccc(C(C)N2CCCCC2C(=O)O)c1OC. The fourth-order valence-corrected chi connectivity index (χ4v) is 3.10. The summed E-state index contributed by atoms with van der Waals surface area (Å²) < 4.78 is 10.8. The van der Waals surface area contributed by atoms with E-state index in [0.29, 0.717) is 17.9 Å². The maximum Gasteiger partial charge on any atom is 0.320 e. The van der Waals surface area contributed by atoms with Crippen molar-refractivity contribution >= 4 is 5.97 Å². The number of hydrogen-bond donors (Lipinski definition) is 1. The number of para-hydroxylation sites is 1. The lowest BCUT2D eigenvalue weighted by Gasteiger charge is -2.38. The second-order valence-corrected chi connectivity index (χ2v) is 5.35. The predicted molar refractivity (Wildman–Crippen MR) is 79.9 cm³/mol. The maximum atomic E-state index is 11.5. The monoisotopic (exact) mass is 293 g/mol. The van der Waals surface area contributed by atoms with Gasteiger partial charge in [0.25, 0.3) is 0 Å². The summed E-state index contributed by atoms with van der Waals surface area (Å²) >= 11 is 0. The van der Waals surface area contributed by atoms with Crippen molar-refractivity contribution in [1.29, 1.82) is 0 Å². The molecule has 2 unspecified atom stereocenters. The molecule has 5 heteroatoms. The zero-order valence-electron chi connectivity index (χ0n) is 12.8. The number of carboxylic acids is 1. The van der Waals surface area contributed by atoms with Crippen LogP contribution >= 0.6 is 0 Å². The van der Waals surface area contributed by atoms with Crippen molar-refractivity contribution in [3.05, 3.63) is 23.8 Å². The number of piperidine rings is 1. The summed E-state index contributed by atoms with van der Waals surface area (Å²) in [6.45, 7) is 2.82. The summed E-state index contributed by atoms with van der Waals surface area (Å²) in [7, 11) is 3.21. The van der Waals surface area contributed by atoms with Gasteiger partial charge in [0.05, 0.1) is 14.2 Å². The van der Waals surface area contributed by atoms with Crippen molar-refractivity contribution in [2.45, 2.75) is 38.3 Å². The molecule has 0 aliphatic carbocycles. The molecule has 0 aromatic heterocycles. The van der Waals surface area contributed by atoms with Gasteiger partial charge in [0, 0.05) is 11.6 Å². The van der Waals surface area contributed by atoms with Crippen molar-refractivity contribution in [3.8, 4) is 11.5 Å². The number of carboxylic acid groups (broad SMARTS) is 1. The van der Waals surface area contributed by atoms with E-state index in [0.717, 1.165) is 24.9 Å². The molecule has 0 saturated carbocycles. The molecule has 0 bridgehead atoms. The summed E-state index contributed by atoms with van der Waals surface area (Å²) in [5.41, 5.74) is 0.963. The molecule has 1 aromatic rings. The predicted octanol–water partition coefficient (Wildman–Crippen LogP) is 2.70. The number of hydrogen-bond acceptors (Lipinski definition) is 4. The lowest BCUT2D eigenvalue weighted by molar-refractivity contribution is -0.145. The van der Waals surface area contributed by atoms with Gasteiger partial charge in [0.1, 0.15) is 6.04 Å². The first-order chi connectivity index (χ1) is 10.1. The normalized spacial score (nSPS) is 20.8. The Bertz CT molecular complexity index is 503. The highest BCUT2D eigenvalue weighted by Gasteiger charge is 2.33. The summed E-state index contributed by atoms with van der Waals surface area (Å²) in [5, 5.41) is 9.43. The third-order valence-corrected chi connectivity index (χ3v) is 4.21. The molecule has 1 aromatic carbocycles. The van der Waals surface area contributed by atoms with Crippen LogP contribution in [0.25, 0.3) is 0 Å². The van der Waals surface area contributed by atoms with Gasteiger partial charge in [-0.3, -0.25) is 9.69 Å². The Morgan fingerprint density at radius 2 is 2.10 bits per heavy atom. The van der Waals surface area contributed by atoms with Gasteiger partial charge >= 0.3 is 5.97 Å². The molecule has 1 heterocycles. The second kappa shape index (κ2) is 6.80. The van der Waals surface area contributed by atoms with Crippen LogP contribution in [0.5, 0.6) is 11.5 Å². The molecule has 0 radical (unpaired) electrons. The van der Waals surface area contributed by atoms with Crippen molar-refractivity contribution in [2.75, 3.05) is 20.8 Å². The van der Waals surface area contributed by atoms with Crippen molar-refractivity contribution in [1.82, 2.24) is 4.90 Å². The summed E-state index contributed by atoms with van der Waals surface area (Å²) in [4.78, 5) is 13.5. The van der Waals surface area contributed by atoms with Crippen LogP contribution in [-0.2, 0) is 4.79 Å². The molecule has 5 nitrogen and oxygen atoms in total. The first-order valence-electron chi connectivity index (χ1n) is 7.29. The van der Waals surface area contributed by atoms with Crippen LogP contribution in [0.4, 0.5) is 0 Å². The topological polar surface area (TPSA) is 59.0 Å². The smallest absolute Gasteiger partial charge is 0.320 e. The fourth-order valence-electron chi connectivity index (χ4n) is 3.10. The molecular weight excluding hydrogens is 270 g/mol. The highest BCUT2D eigenvalue weighted by Crippen LogP contribution is 2.38. The van der Waals surface area contributed by atoms with E-state index in [2.05, 4.69) is 0 Å². The van der Waals surface area contributed by atoms with Crippen LogP contribution in [0.3, 0.4) is 0 Å². The number of likely N-dealkylation sites (tertiary alicyclic amines) is 1. The van der Waals surface area contributed by atoms with Crippen molar-refractivity contribution in [3.63, 3.8) is 0 Å². The van der Waals surface area contributed by atoms with Gasteiger partial charge in [-0.15, -0.1) is 0 Å². The minimum Gasteiger partial charge on any atom is -0.493 e. The van der Waals surface area contributed by atoms with Crippen LogP contribution < -0.4 is 9.47 Å². The van der Waals surface area contributed by atoms with Crippen LogP contribution in [0.1, 0.15) is 37.8 Å². The minimum absolute atomic E-state index is 0.0311. The van der Waals surface area contributed by atoms with E-state index in [9.17, 15) is 9.90 Å². The summed E-state index contributed by atoms with van der Waals surface area (Å²) in [6.07, 6.45) is 2.70. The number of rotatable bonds is 5. The molecule has 0 amide bonds. The lowest BCUT2D eigenvalue weighted by Crippen LogP contribution is -2.45. The molecule has 2 atom stereocenters. The molecule has 1 saturated heterocycles. The summed E-state index contributed by atoms with van der Waals surface area (Å²) in [5.74, 6) is 0.608. The first-order valence-corrected chi connectivity index (χ1v) is 7.29. The molecule has 1 fully saturated rings. The molecule has 2 rings (SSSR count). The van der Waals surface area contributed by atoms with Crippen LogP contribution in [-0.4, -0.2) is 42.8 Å². The van der Waals surface area contributed by atoms with Gasteiger partial charge in [0.2, 0.25) is 0 Å². The Kier molecular flexibility index (Phi) is 5.07. The highest BCUT2D eigenvalue weighted by molar-refractivity contribution is 5.73. The van der Waals surface area contributed by atoms with Gasteiger partial charge in [0.15, 0.2) is 11.5 Å². The molecule has 0 spiro atoms. The minimum atomic E-state index is -0.747. The van der Waals surface area contributed by atoms with Gasteiger partial charge < -0.3 is 14.6 Å². The Balaban J connectivity index is 2.34. The number of benzene rings is 1. The summed E-state index contributed by atoms with van der Waals surface area (Å²) in [6, 6.07) is 5.27. The van der Waals surface area contributed by atoms with E-state index in [-0.39, 0.29) is 6.04 Å². The zero-order chi connectivity index (χ0) is 15.4. The van der Waals surface area contributed by atoms with Crippen LogP contribution in [0.15, 0.2) is 18.2 Å². The average Bonchev–Trinajstić information content (AvgIpc) is 2.53. The van der Waals surface area contributed by atoms with Gasteiger partial charge in [-0.2, -0.15) is 0 Å². The standard InChI is InChI=1S/C16H23NO4/c1-11(17-10-5-4-8-13(17)16(18)19)12-7-6-9-14(20-2)15(12)21-3/h6-7,9,11,13H,4-5,8,10H2,1-3H3,(H,18,19). The number of aliphatic carboxylic acids is 1. The molecule has 1 aliphatic heterocycles. The van der Waals surface area contributed by atoms with Crippen LogP contribution in [0.2, 0.25) is 0 Å². The van der Waals surface area contributed by atoms with Crippen LogP contribution in [0, 0.1) is 0 Å². The maximum absolute atomic E-state index is 11.5. The fraction of sp³-hybridized carbons (Fsp3) is 0.562. The Hall–Kier alpha value is -1.75. The number of ether oxygens (including phenoxy) is 2. The Morgan fingerprint density at radius 1 is 1.33 bits per heavy atom. The van der Waals surface area contributed by atoms with E-state index < -0.39 is 12.0 Å². The molecular formula is C16H23NO4. The average molecular weight is 293 g/mol. The van der Waals surface area contributed by atoms with E-state index in [1.165, 1.54) is 0 Å². The lowest BCUT2D eigenvalue weighted by atomic mass is 9.96. The van der Waals surface area contributed by atoms with E-state index in [4.69, 9.17) is 9.47 Å². The largest absolute Gasteiger partial charge is 0.493 e. The van der Waals surface area contributed by atoms with E-state index >= 15 is 0 Å². The first kappa shape index (κ1) is 15.6. The second-order valence-electron chi connectivity index (χ2n) is 5.35. The number of methoxy groups -OCH3 is 2. The Labute approximate surface area is 125 Å². The molecule has 1 N–H and O–H groups in total. The number of carbonyl (C=O) groups is 1. The van der Waals surface area contributed by atoms with Crippen molar-refractivity contribution < 1.29 is 19.4 Å². The highest BCUT2D eigenvalue weighted by atomic mass is 16.5. The third-order valence-electron chi connectivity index (χ3n) is 4.21. The molecule has 21 heavy (non-hydrogen) atoms. The molecule has 1 aliphatic rings. The number of nitrogens with zero attached hydrogens (tertiary/aromatic N) is 1. The third kappa shape index (κ3) is 3.13. The Morgan fingerprint density at radius 3 is 2.71 bits per heavy atom. The van der Waals surface area contributed by atoms with Gasteiger partial charge in [-0.05, 0) is 32.4 Å². The van der Waals surface area contributed by atoms with E-state index in [1.807, 2.05) is 30.0 Å². The van der Waals surface area contributed by atoms with E-state index in [1.54, 1.807) is 14.2 Å². The van der Waals surface area contributed by atoms with Gasteiger partial charge in [-0.1, -0.05) is 18.6 Å². The quantitative estimate of drug-likeness (QED) is 0.904.